The third-order valence-corrected chi connectivity index (χ3v) is 4.90. The molecule has 1 saturated carbocycles. The Bertz CT molecular complexity index is 564. The van der Waals surface area contributed by atoms with Crippen LogP contribution in [0.15, 0.2) is 30.3 Å². The fourth-order valence-corrected chi connectivity index (χ4v) is 3.70. The fraction of sp³-hybridized carbons (Fsp3) is 0.556. The van der Waals surface area contributed by atoms with Gasteiger partial charge in [0.1, 0.15) is 6.10 Å². The lowest BCUT2D eigenvalue weighted by atomic mass is 9.59. The molecular weight excluding hydrogens is 280 g/mol. The van der Waals surface area contributed by atoms with Crippen LogP contribution in [-0.4, -0.2) is 30.6 Å². The summed E-state index contributed by atoms with van der Waals surface area (Å²) in [6, 6.07) is 9.04. The normalized spacial score (nSPS) is 28.5. The minimum absolute atomic E-state index is 0.0208. The van der Waals surface area contributed by atoms with E-state index in [9.17, 15) is 9.59 Å². The van der Waals surface area contributed by atoms with E-state index in [-0.39, 0.29) is 42.2 Å². The van der Waals surface area contributed by atoms with Crippen LogP contribution < -0.4 is 0 Å². The highest BCUT2D eigenvalue weighted by molar-refractivity contribution is 5.97. The molecule has 0 aromatic heterocycles. The predicted molar refractivity (Wildman–Crippen MR) is 81.5 cm³/mol. The highest BCUT2D eigenvalue weighted by Gasteiger charge is 2.61. The van der Waals surface area contributed by atoms with Gasteiger partial charge in [-0.2, -0.15) is 0 Å². The molecule has 3 atom stereocenters. The predicted octanol–water partition coefficient (Wildman–Crippen LogP) is 3.01. The van der Waals surface area contributed by atoms with Crippen LogP contribution in [0.25, 0.3) is 0 Å². The lowest BCUT2D eigenvalue weighted by Crippen LogP contribution is -2.61. The molecule has 1 aliphatic heterocycles. The van der Waals surface area contributed by atoms with Crippen LogP contribution in [0.1, 0.15) is 43.5 Å². The Morgan fingerprint density at radius 3 is 2.68 bits per heavy atom. The maximum absolute atomic E-state index is 12.0. The second kappa shape index (κ2) is 5.84. The zero-order chi connectivity index (χ0) is 15.7. The van der Waals surface area contributed by atoms with Gasteiger partial charge in [0.15, 0.2) is 5.78 Å². The van der Waals surface area contributed by atoms with E-state index in [1.807, 2.05) is 18.2 Å². The molecule has 2 fully saturated rings. The number of hydrogen-bond donors (Lipinski definition) is 0. The van der Waals surface area contributed by atoms with Crippen molar-refractivity contribution in [1.29, 1.82) is 0 Å². The van der Waals surface area contributed by atoms with Crippen molar-refractivity contribution < 1.29 is 19.1 Å². The first-order valence-corrected chi connectivity index (χ1v) is 7.89. The van der Waals surface area contributed by atoms with Crippen molar-refractivity contribution in [2.75, 3.05) is 6.61 Å². The van der Waals surface area contributed by atoms with Gasteiger partial charge in [-0.15, -0.1) is 0 Å². The number of hydrogen-bond acceptors (Lipinski definition) is 4. The van der Waals surface area contributed by atoms with Crippen molar-refractivity contribution in [3.63, 3.8) is 0 Å². The summed E-state index contributed by atoms with van der Waals surface area (Å²) in [7, 11) is 0. The molecule has 0 spiro atoms. The number of ether oxygens (including phenoxy) is 2. The van der Waals surface area contributed by atoms with Gasteiger partial charge in [-0.3, -0.25) is 9.59 Å². The molecule has 1 saturated heterocycles. The molecular formula is C18H22O4. The molecule has 3 rings (SSSR count). The smallest absolute Gasteiger partial charge is 0.306 e. The second-order valence-electron chi connectivity index (χ2n) is 6.76. The van der Waals surface area contributed by atoms with Crippen LogP contribution in [-0.2, 0) is 14.3 Å². The first-order valence-electron chi connectivity index (χ1n) is 7.89. The topological polar surface area (TPSA) is 52.6 Å². The van der Waals surface area contributed by atoms with Crippen LogP contribution in [0.2, 0.25) is 0 Å². The Balaban J connectivity index is 1.50. The number of benzene rings is 1. The second-order valence-corrected chi connectivity index (χ2v) is 6.76. The van der Waals surface area contributed by atoms with E-state index in [4.69, 9.17) is 9.47 Å². The van der Waals surface area contributed by atoms with Crippen LogP contribution in [0, 0.1) is 11.3 Å². The van der Waals surface area contributed by atoms with E-state index < -0.39 is 0 Å². The van der Waals surface area contributed by atoms with E-state index in [0.717, 1.165) is 13.0 Å². The molecule has 4 nitrogen and oxygen atoms in total. The van der Waals surface area contributed by atoms with Crippen LogP contribution in [0.5, 0.6) is 0 Å². The third-order valence-electron chi connectivity index (χ3n) is 4.90. The molecule has 1 aromatic rings. The van der Waals surface area contributed by atoms with Gasteiger partial charge < -0.3 is 9.47 Å². The Kier molecular flexibility index (Phi) is 4.04. The first-order chi connectivity index (χ1) is 10.5. The van der Waals surface area contributed by atoms with Gasteiger partial charge in [-0.25, -0.2) is 0 Å². The maximum atomic E-state index is 12.0. The number of ketones is 1. The molecule has 22 heavy (non-hydrogen) atoms. The van der Waals surface area contributed by atoms with Crippen molar-refractivity contribution >= 4 is 11.8 Å². The minimum Gasteiger partial charge on any atom is -0.461 e. The number of Topliss-reactive ketones (excluding diaryl/α,β-unsaturated/α-hetero) is 1. The van der Waals surface area contributed by atoms with Crippen molar-refractivity contribution in [2.24, 2.45) is 11.3 Å². The number of rotatable bonds is 5. The molecule has 1 aromatic carbocycles. The zero-order valence-corrected chi connectivity index (χ0v) is 13.1. The monoisotopic (exact) mass is 302 g/mol. The highest BCUT2D eigenvalue weighted by Crippen LogP contribution is 2.53. The average molecular weight is 302 g/mol. The Hall–Kier alpha value is -1.68. The quantitative estimate of drug-likeness (QED) is 0.620. The number of carbonyl (C=O) groups excluding carboxylic acids is 2. The molecule has 0 amide bonds. The average Bonchev–Trinajstić information content (AvgIpc) is 2.98. The maximum Gasteiger partial charge on any atom is 0.306 e. The molecule has 1 heterocycles. The largest absolute Gasteiger partial charge is 0.461 e. The van der Waals surface area contributed by atoms with E-state index in [2.05, 4.69) is 13.8 Å². The molecule has 2 aliphatic rings. The van der Waals surface area contributed by atoms with Gasteiger partial charge in [-0.1, -0.05) is 44.2 Å². The fourth-order valence-electron chi connectivity index (χ4n) is 3.70. The lowest BCUT2D eigenvalue weighted by molar-refractivity contribution is -0.210. The standard InChI is InChI=1S/C18H22O4/c1-18(2)16-13(10-11-21-16)17(18)22-15(20)9-8-14(19)12-6-4-3-5-7-12/h3-7,13,16-17H,8-11H2,1-2H3/t13-,16-,17-/m1/s1. The Labute approximate surface area is 130 Å². The van der Waals surface area contributed by atoms with Crippen LogP contribution >= 0.6 is 0 Å². The molecule has 1 aliphatic carbocycles. The van der Waals surface area contributed by atoms with Crippen molar-refractivity contribution in [3.05, 3.63) is 35.9 Å². The summed E-state index contributed by atoms with van der Waals surface area (Å²) >= 11 is 0. The molecule has 0 radical (unpaired) electrons. The minimum atomic E-state index is -0.285. The summed E-state index contributed by atoms with van der Waals surface area (Å²) in [5, 5.41) is 0. The number of carbonyl (C=O) groups is 2. The van der Waals surface area contributed by atoms with Gasteiger partial charge >= 0.3 is 5.97 Å². The summed E-state index contributed by atoms with van der Waals surface area (Å²) in [5.41, 5.74) is 0.517. The van der Waals surface area contributed by atoms with Gasteiger partial charge in [0.25, 0.3) is 0 Å². The Morgan fingerprint density at radius 2 is 1.95 bits per heavy atom. The van der Waals surface area contributed by atoms with E-state index in [1.165, 1.54) is 0 Å². The summed E-state index contributed by atoms with van der Waals surface area (Å²) in [4.78, 5) is 24.0. The van der Waals surface area contributed by atoms with Crippen molar-refractivity contribution in [1.82, 2.24) is 0 Å². The molecule has 0 unspecified atom stereocenters. The highest BCUT2D eigenvalue weighted by atomic mass is 16.6. The van der Waals surface area contributed by atoms with Crippen molar-refractivity contribution in [3.8, 4) is 0 Å². The molecule has 0 bridgehead atoms. The van der Waals surface area contributed by atoms with E-state index in [1.54, 1.807) is 12.1 Å². The van der Waals surface area contributed by atoms with Crippen LogP contribution in [0.3, 0.4) is 0 Å². The SMILES string of the molecule is CC1(C)[C@@H]2OCC[C@H]2[C@H]1OC(=O)CCC(=O)c1ccccc1. The molecule has 4 heteroatoms. The van der Waals surface area contributed by atoms with E-state index in [0.29, 0.717) is 11.5 Å². The van der Waals surface area contributed by atoms with Gasteiger partial charge in [-0.05, 0) is 6.42 Å². The summed E-state index contributed by atoms with van der Waals surface area (Å²) in [5.74, 6) is 0.0176. The van der Waals surface area contributed by atoms with Crippen molar-refractivity contribution in [2.45, 2.75) is 45.3 Å². The van der Waals surface area contributed by atoms with Gasteiger partial charge in [0, 0.05) is 29.9 Å². The molecule has 0 N–H and O–H groups in total. The summed E-state index contributed by atoms with van der Waals surface area (Å²) in [6.45, 7) is 4.90. The van der Waals surface area contributed by atoms with E-state index >= 15 is 0 Å². The number of esters is 1. The van der Waals surface area contributed by atoms with Gasteiger partial charge in [0.05, 0.1) is 12.5 Å². The number of fused-ring (bicyclic) bond motifs is 1. The zero-order valence-electron chi connectivity index (χ0n) is 13.1. The third kappa shape index (κ3) is 2.68. The lowest BCUT2D eigenvalue weighted by Gasteiger charge is -2.53. The van der Waals surface area contributed by atoms with Crippen LogP contribution in [0.4, 0.5) is 0 Å². The first kappa shape index (κ1) is 15.2. The summed E-state index contributed by atoms with van der Waals surface area (Å²) < 4.78 is 11.3. The summed E-state index contributed by atoms with van der Waals surface area (Å²) in [6.07, 6.45) is 1.41. The van der Waals surface area contributed by atoms with Gasteiger partial charge in [0.2, 0.25) is 0 Å². The molecule has 118 valence electrons. The Morgan fingerprint density at radius 1 is 1.23 bits per heavy atom.